The van der Waals surface area contributed by atoms with E-state index in [1.165, 1.54) is 0 Å². The average Bonchev–Trinajstić information content (AvgIpc) is 2.99. The van der Waals surface area contributed by atoms with E-state index in [2.05, 4.69) is 20.4 Å². The SMILES string of the molecule is CC(C)(C)c1noc(CCCC(=O)N2CCC(=O)Nc3ccncc32)n1. The average molecular weight is 357 g/mol. The van der Waals surface area contributed by atoms with Crippen LogP contribution in [0.1, 0.15) is 51.7 Å². The third-order valence-corrected chi connectivity index (χ3v) is 4.15. The summed E-state index contributed by atoms with van der Waals surface area (Å²) in [7, 11) is 0. The minimum Gasteiger partial charge on any atom is -0.339 e. The van der Waals surface area contributed by atoms with Crippen molar-refractivity contribution in [3.05, 3.63) is 30.2 Å². The van der Waals surface area contributed by atoms with Crippen molar-refractivity contribution in [3.8, 4) is 0 Å². The summed E-state index contributed by atoms with van der Waals surface area (Å²) >= 11 is 0. The molecule has 0 radical (unpaired) electrons. The fourth-order valence-electron chi connectivity index (χ4n) is 2.70. The summed E-state index contributed by atoms with van der Waals surface area (Å²) in [6.07, 6.45) is 4.93. The van der Waals surface area contributed by atoms with Crippen LogP contribution >= 0.6 is 0 Å². The first-order valence-corrected chi connectivity index (χ1v) is 8.72. The zero-order valence-electron chi connectivity index (χ0n) is 15.3. The van der Waals surface area contributed by atoms with Gasteiger partial charge in [-0.05, 0) is 12.5 Å². The molecule has 8 nitrogen and oxygen atoms in total. The Morgan fingerprint density at radius 3 is 2.92 bits per heavy atom. The maximum atomic E-state index is 12.7. The molecule has 0 aromatic carbocycles. The highest BCUT2D eigenvalue weighted by Crippen LogP contribution is 2.28. The summed E-state index contributed by atoms with van der Waals surface area (Å²) < 4.78 is 5.26. The molecule has 0 fully saturated rings. The largest absolute Gasteiger partial charge is 0.339 e. The van der Waals surface area contributed by atoms with Crippen LogP contribution in [0.25, 0.3) is 0 Å². The highest BCUT2D eigenvalue weighted by Gasteiger charge is 2.24. The molecule has 138 valence electrons. The van der Waals surface area contributed by atoms with Gasteiger partial charge in [-0.15, -0.1) is 0 Å². The van der Waals surface area contributed by atoms with Crippen LogP contribution in [-0.2, 0) is 21.4 Å². The van der Waals surface area contributed by atoms with E-state index in [0.29, 0.717) is 48.9 Å². The van der Waals surface area contributed by atoms with Gasteiger partial charge in [0.15, 0.2) is 5.82 Å². The second-order valence-electron chi connectivity index (χ2n) is 7.35. The molecule has 26 heavy (non-hydrogen) atoms. The molecule has 8 heteroatoms. The summed E-state index contributed by atoms with van der Waals surface area (Å²) in [5.41, 5.74) is 1.08. The Morgan fingerprint density at radius 1 is 1.38 bits per heavy atom. The van der Waals surface area contributed by atoms with Gasteiger partial charge < -0.3 is 14.7 Å². The number of anilines is 2. The van der Waals surface area contributed by atoms with Crippen molar-refractivity contribution in [1.82, 2.24) is 15.1 Å². The lowest BCUT2D eigenvalue weighted by molar-refractivity contribution is -0.118. The quantitative estimate of drug-likeness (QED) is 0.902. The molecular formula is C18H23N5O3. The first-order valence-electron chi connectivity index (χ1n) is 8.72. The number of nitrogens with one attached hydrogen (secondary N) is 1. The van der Waals surface area contributed by atoms with Crippen LogP contribution in [0.15, 0.2) is 23.0 Å². The van der Waals surface area contributed by atoms with Crippen LogP contribution in [0.4, 0.5) is 11.4 Å². The lowest BCUT2D eigenvalue weighted by Gasteiger charge is -2.21. The van der Waals surface area contributed by atoms with Gasteiger partial charge in [-0.2, -0.15) is 4.98 Å². The minimum absolute atomic E-state index is 0.0497. The zero-order valence-corrected chi connectivity index (χ0v) is 15.3. The predicted octanol–water partition coefficient (Wildman–Crippen LogP) is 2.46. The molecule has 0 saturated heterocycles. The number of hydrogen-bond donors (Lipinski definition) is 1. The first-order chi connectivity index (χ1) is 12.3. The molecule has 2 aromatic heterocycles. The monoisotopic (exact) mass is 357 g/mol. The molecule has 1 N–H and O–H groups in total. The van der Waals surface area contributed by atoms with Gasteiger partial charge in [-0.25, -0.2) is 0 Å². The molecule has 1 aliphatic rings. The van der Waals surface area contributed by atoms with Crippen LogP contribution < -0.4 is 10.2 Å². The van der Waals surface area contributed by atoms with Gasteiger partial charge >= 0.3 is 0 Å². The maximum Gasteiger partial charge on any atom is 0.227 e. The lowest BCUT2D eigenvalue weighted by Crippen LogP contribution is -2.31. The second kappa shape index (κ2) is 7.23. The molecule has 2 aromatic rings. The molecule has 0 saturated carbocycles. The zero-order chi connectivity index (χ0) is 18.7. The van der Waals surface area contributed by atoms with E-state index in [0.717, 1.165) is 0 Å². The molecule has 1 aliphatic heterocycles. The van der Waals surface area contributed by atoms with Crippen LogP contribution in [0.2, 0.25) is 0 Å². The van der Waals surface area contributed by atoms with Crippen LogP contribution in [0.3, 0.4) is 0 Å². The minimum atomic E-state index is -0.167. The van der Waals surface area contributed by atoms with Crippen molar-refractivity contribution in [3.63, 3.8) is 0 Å². The molecule has 0 bridgehead atoms. The van der Waals surface area contributed by atoms with Crippen molar-refractivity contribution in [2.24, 2.45) is 0 Å². The van der Waals surface area contributed by atoms with Crippen molar-refractivity contribution < 1.29 is 14.1 Å². The molecule has 0 unspecified atom stereocenters. The standard InChI is InChI=1S/C18H23N5O3/c1-18(2,3)17-21-15(26-22-17)5-4-6-16(25)23-10-8-14(24)20-12-7-9-19-11-13(12)23/h7,9,11H,4-6,8,10H2,1-3H3,(H,20,24). The molecule has 3 rings (SSSR count). The lowest BCUT2D eigenvalue weighted by atomic mass is 9.96. The molecular weight excluding hydrogens is 334 g/mol. The van der Waals surface area contributed by atoms with Crippen molar-refractivity contribution in [2.45, 2.75) is 51.9 Å². The Balaban J connectivity index is 1.62. The summed E-state index contributed by atoms with van der Waals surface area (Å²) in [5.74, 6) is 1.05. The predicted molar refractivity (Wildman–Crippen MR) is 95.8 cm³/mol. The Bertz CT molecular complexity index is 809. The van der Waals surface area contributed by atoms with Crippen molar-refractivity contribution >= 4 is 23.2 Å². The van der Waals surface area contributed by atoms with Gasteiger partial charge in [0.1, 0.15) is 0 Å². The maximum absolute atomic E-state index is 12.7. The van der Waals surface area contributed by atoms with Crippen LogP contribution in [0, 0.1) is 0 Å². The summed E-state index contributed by atoms with van der Waals surface area (Å²) in [5, 5.41) is 6.79. The summed E-state index contributed by atoms with van der Waals surface area (Å²) in [4.78, 5) is 34.5. The number of hydrogen-bond acceptors (Lipinski definition) is 6. The van der Waals surface area contributed by atoms with E-state index in [1.807, 2.05) is 20.8 Å². The number of fused-ring (bicyclic) bond motifs is 1. The van der Waals surface area contributed by atoms with E-state index in [9.17, 15) is 9.59 Å². The van der Waals surface area contributed by atoms with Gasteiger partial charge in [0.05, 0.1) is 17.6 Å². The third-order valence-electron chi connectivity index (χ3n) is 4.15. The van der Waals surface area contributed by atoms with Crippen LogP contribution in [-0.4, -0.2) is 33.5 Å². The van der Waals surface area contributed by atoms with Crippen molar-refractivity contribution in [1.29, 1.82) is 0 Å². The Kier molecular flexibility index (Phi) is 5.01. The van der Waals surface area contributed by atoms with Gasteiger partial charge in [-0.1, -0.05) is 25.9 Å². The number of rotatable bonds is 4. The number of carbonyl (C=O) groups is 2. The number of carbonyl (C=O) groups excluding carboxylic acids is 2. The van der Waals surface area contributed by atoms with E-state index in [-0.39, 0.29) is 23.7 Å². The second-order valence-corrected chi connectivity index (χ2v) is 7.35. The summed E-state index contributed by atoms with van der Waals surface area (Å²) in [6.45, 7) is 6.40. The van der Waals surface area contributed by atoms with Crippen LogP contribution in [0.5, 0.6) is 0 Å². The highest BCUT2D eigenvalue weighted by molar-refractivity contribution is 6.03. The summed E-state index contributed by atoms with van der Waals surface area (Å²) in [6, 6.07) is 1.70. The van der Waals surface area contributed by atoms with E-state index in [1.54, 1.807) is 23.4 Å². The molecule has 0 aliphatic carbocycles. The number of aromatic nitrogens is 3. The van der Waals surface area contributed by atoms with Crippen molar-refractivity contribution in [2.75, 3.05) is 16.8 Å². The van der Waals surface area contributed by atoms with E-state index < -0.39 is 0 Å². The molecule has 2 amide bonds. The van der Waals surface area contributed by atoms with Gasteiger partial charge in [0.25, 0.3) is 0 Å². The third kappa shape index (κ3) is 4.07. The fraction of sp³-hybridized carbons (Fsp3) is 0.500. The number of nitrogens with zero attached hydrogens (tertiary/aromatic N) is 4. The highest BCUT2D eigenvalue weighted by atomic mass is 16.5. The molecule has 0 atom stereocenters. The fourth-order valence-corrected chi connectivity index (χ4v) is 2.70. The normalized spacial score (nSPS) is 14.6. The van der Waals surface area contributed by atoms with Gasteiger partial charge in [-0.3, -0.25) is 14.6 Å². The topological polar surface area (TPSA) is 101 Å². The number of amides is 2. The van der Waals surface area contributed by atoms with E-state index >= 15 is 0 Å². The number of pyridine rings is 1. The van der Waals surface area contributed by atoms with Gasteiger partial charge in [0, 0.05) is 37.4 Å². The smallest absolute Gasteiger partial charge is 0.227 e. The van der Waals surface area contributed by atoms with E-state index in [4.69, 9.17) is 4.52 Å². The number of aryl methyl sites for hydroxylation is 1. The van der Waals surface area contributed by atoms with Gasteiger partial charge in [0.2, 0.25) is 17.7 Å². The molecule has 3 heterocycles. The Labute approximate surface area is 152 Å². The molecule has 0 spiro atoms. The Hall–Kier alpha value is -2.77. The Morgan fingerprint density at radius 2 is 2.19 bits per heavy atom. The first kappa shape index (κ1) is 18.0.